The highest BCUT2D eigenvalue weighted by atomic mass is 32.1. The molecule has 0 aliphatic carbocycles. The number of aliphatic hydroxyl groups excluding tert-OH is 1. The molecule has 0 aliphatic heterocycles. The van der Waals surface area contributed by atoms with Gasteiger partial charge in [-0.05, 0) is 0 Å². The summed E-state index contributed by atoms with van der Waals surface area (Å²) in [6.45, 7) is 0. The number of hydrogen-bond donors (Lipinski definition) is 4. The molecule has 0 aromatic heterocycles. The minimum atomic E-state index is -1.71. The summed E-state index contributed by atoms with van der Waals surface area (Å²) in [4.78, 5) is 20.0. The quantitative estimate of drug-likeness (QED) is 0.465. The van der Waals surface area contributed by atoms with E-state index in [2.05, 4.69) is 0 Å². The van der Waals surface area contributed by atoms with E-state index in [1.165, 1.54) is 0 Å². The molecule has 6 nitrogen and oxygen atoms in total. The highest BCUT2D eigenvalue weighted by Crippen LogP contribution is 1.95. The molecule has 5 N–H and O–H groups in total. The normalized spacial score (nSPS) is 13.1. The Balaban J connectivity index is -0.000000500. The van der Waals surface area contributed by atoms with Crippen LogP contribution >= 0.6 is 27.0 Å². The molecule has 13 heavy (non-hydrogen) atoms. The van der Waals surface area contributed by atoms with Crippen LogP contribution in [0.1, 0.15) is 6.42 Å². The van der Waals surface area contributed by atoms with E-state index in [4.69, 9.17) is 21.1 Å². The van der Waals surface area contributed by atoms with Crippen LogP contribution in [0.4, 0.5) is 0 Å². The second-order valence-corrected chi connectivity index (χ2v) is 2.03. The lowest BCUT2D eigenvalue weighted by atomic mass is 10.1. The number of nitrogens with two attached hydrogens (primary N) is 1. The summed E-state index contributed by atoms with van der Waals surface area (Å²) in [7, 11) is 0. The van der Waals surface area contributed by atoms with Crippen molar-refractivity contribution in [3.05, 3.63) is 0 Å². The molecule has 0 rings (SSSR count). The van der Waals surface area contributed by atoms with E-state index in [0.717, 1.165) is 0 Å². The molecule has 8 heteroatoms. The Bertz CT molecular complexity index is 158. The standard InChI is InChI=1S/C5H9NO5.2H2S/c6-2(4(8)9)1-3(7)5(10)11;;/h2-3,7H,1,6H2,(H,8,9)(H,10,11);2*1H2/t2-,3-;;/m0../s1. The van der Waals surface area contributed by atoms with Crippen molar-refractivity contribution in [1.29, 1.82) is 0 Å². The molecule has 0 spiro atoms. The number of aliphatic carboxylic acids is 2. The fourth-order valence-electron chi connectivity index (χ4n) is 0.442. The van der Waals surface area contributed by atoms with Gasteiger partial charge in [-0.1, -0.05) is 0 Å². The molecule has 0 amide bonds. The summed E-state index contributed by atoms with van der Waals surface area (Å²) < 4.78 is 0. The number of carboxylic acids is 2. The average molecular weight is 231 g/mol. The predicted molar refractivity (Wildman–Crippen MR) is 54.6 cm³/mol. The van der Waals surface area contributed by atoms with Gasteiger partial charge in [0.1, 0.15) is 6.04 Å². The van der Waals surface area contributed by atoms with E-state index in [9.17, 15) is 9.59 Å². The van der Waals surface area contributed by atoms with Crippen LogP contribution in [0.2, 0.25) is 0 Å². The van der Waals surface area contributed by atoms with E-state index in [-0.39, 0.29) is 27.0 Å². The zero-order valence-electron chi connectivity index (χ0n) is 6.60. The Hall–Kier alpha value is -0.440. The van der Waals surface area contributed by atoms with Crippen molar-refractivity contribution < 1.29 is 24.9 Å². The maximum atomic E-state index is 10.0. The first kappa shape index (κ1) is 18.4. The molecule has 0 radical (unpaired) electrons. The van der Waals surface area contributed by atoms with Crippen LogP contribution in [0.3, 0.4) is 0 Å². The van der Waals surface area contributed by atoms with E-state index in [1.807, 2.05) is 0 Å². The van der Waals surface area contributed by atoms with Crippen molar-refractivity contribution in [3.8, 4) is 0 Å². The highest BCUT2D eigenvalue weighted by Gasteiger charge is 2.21. The fourth-order valence-corrected chi connectivity index (χ4v) is 0.442. The van der Waals surface area contributed by atoms with Gasteiger partial charge in [-0.25, -0.2) is 4.79 Å². The molecule has 0 aromatic carbocycles. The second kappa shape index (κ2) is 8.17. The molecular formula is C5H13NO5S2. The Morgan fingerprint density at radius 1 is 1.15 bits per heavy atom. The largest absolute Gasteiger partial charge is 0.480 e. The fraction of sp³-hybridized carbons (Fsp3) is 0.600. The molecule has 0 bridgehead atoms. The van der Waals surface area contributed by atoms with Gasteiger partial charge in [-0.3, -0.25) is 4.79 Å². The number of hydrogen-bond acceptors (Lipinski definition) is 4. The zero-order chi connectivity index (χ0) is 9.02. The topological polar surface area (TPSA) is 121 Å². The van der Waals surface area contributed by atoms with Crippen LogP contribution in [0.5, 0.6) is 0 Å². The van der Waals surface area contributed by atoms with Gasteiger partial charge >= 0.3 is 11.9 Å². The van der Waals surface area contributed by atoms with Crippen molar-refractivity contribution >= 4 is 38.9 Å². The SMILES string of the molecule is N[C@@H](C[C@H](O)C(=O)O)C(=O)O.S.S. The second-order valence-electron chi connectivity index (χ2n) is 2.03. The lowest BCUT2D eigenvalue weighted by molar-refractivity contribution is -0.148. The zero-order valence-corrected chi connectivity index (χ0v) is 8.60. The smallest absolute Gasteiger partial charge is 0.332 e. The van der Waals surface area contributed by atoms with Crippen molar-refractivity contribution in [3.63, 3.8) is 0 Å². The molecular weight excluding hydrogens is 218 g/mol. The molecule has 0 aromatic rings. The average Bonchev–Trinajstić information content (AvgIpc) is 1.87. The van der Waals surface area contributed by atoms with Crippen LogP contribution in [-0.4, -0.2) is 39.4 Å². The van der Waals surface area contributed by atoms with Crippen molar-refractivity contribution in [2.45, 2.75) is 18.6 Å². The van der Waals surface area contributed by atoms with Gasteiger partial charge in [-0.15, -0.1) is 0 Å². The Morgan fingerprint density at radius 3 is 1.77 bits per heavy atom. The Morgan fingerprint density at radius 2 is 1.54 bits per heavy atom. The van der Waals surface area contributed by atoms with E-state index in [0.29, 0.717) is 0 Å². The van der Waals surface area contributed by atoms with Crippen LogP contribution in [-0.2, 0) is 9.59 Å². The summed E-state index contributed by atoms with van der Waals surface area (Å²) in [5, 5.41) is 24.9. The molecule has 0 heterocycles. The van der Waals surface area contributed by atoms with Gasteiger partial charge in [-0.2, -0.15) is 27.0 Å². The summed E-state index contributed by atoms with van der Waals surface area (Å²) in [6, 6.07) is -1.33. The van der Waals surface area contributed by atoms with Crippen LogP contribution in [0.25, 0.3) is 0 Å². The Labute approximate surface area is 88.6 Å². The van der Waals surface area contributed by atoms with E-state index < -0.39 is 30.5 Å². The molecule has 0 aliphatic rings. The van der Waals surface area contributed by atoms with Gasteiger partial charge in [0.25, 0.3) is 0 Å². The summed E-state index contributed by atoms with van der Waals surface area (Å²) >= 11 is 0. The maximum absolute atomic E-state index is 10.0. The van der Waals surface area contributed by atoms with E-state index >= 15 is 0 Å². The lowest BCUT2D eigenvalue weighted by Gasteiger charge is -2.07. The first-order valence-corrected chi connectivity index (χ1v) is 2.84. The first-order valence-electron chi connectivity index (χ1n) is 2.84. The van der Waals surface area contributed by atoms with Crippen LogP contribution in [0.15, 0.2) is 0 Å². The van der Waals surface area contributed by atoms with Crippen molar-refractivity contribution in [1.82, 2.24) is 0 Å². The third-order valence-electron chi connectivity index (χ3n) is 1.08. The number of aliphatic hydroxyl groups is 1. The molecule has 0 saturated heterocycles. The third-order valence-corrected chi connectivity index (χ3v) is 1.08. The van der Waals surface area contributed by atoms with Gasteiger partial charge in [0, 0.05) is 6.42 Å². The van der Waals surface area contributed by atoms with Crippen molar-refractivity contribution in [2.75, 3.05) is 0 Å². The molecule has 0 unspecified atom stereocenters. The summed E-state index contributed by atoms with van der Waals surface area (Å²) in [5.74, 6) is -2.80. The maximum Gasteiger partial charge on any atom is 0.332 e. The monoisotopic (exact) mass is 231 g/mol. The minimum Gasteiger partial charge on any atom is -0.480 e. The molecule has 0 fully saturated rings. The minimum absolute atomic E-state index is 0. The summed E-state index contributed by atoms with van der Waals surface area (Å²) in [5.41, 5.74) is 4.93. The highest BCUT2D eigenvalue weighted by molar-refractivity contribution is 7.59. The molecule has 2 atom stereocenters. The van der Waals surface area contributed by atoms with Gasteiger partial charge in [0.2, 0.25) is 0 Å². The number of carbonyl (C=O) groups is 2. The lowest BCUT2D eigenvalue weighted by Crippen LogP contribution is -2.36. The first-order chi connectivity index (χ1) is 4.95. The van der Waals surface area contributed by atoms with Crippen LogP contribution < -0.4 is 5.73 Å². The Kier molecular flexibility index (Phi) is 11.5. The van der Waals surface area contributed by atoms with Crippen molar-refractivity contribution in [2.24, 2.45) is 5.73 Å². The van der Waals surface area contributed by atoms with Crippen LogP contribution in [0, 0.1) is 0 Å². The number of rotatable bonds is 4. The third kappa shape index (κ3) is 7.91. The van der Waals surface area contributed by atoms with Gasteiger partial charge in [0.05, 0.1) is 0 Å². The van der Waals surface area contributed by atoms with Gasteiger partial charge < -0.3 is 21.1 Å². The van der Waals surface area contributed by atoms with Gasteiger partial charge in [0.15, 0.2) is 6.10 Å². The summed E-state index contributed by atoms with van der Waals surface area (Å²) in [6.07, 6.45) is -2.19. The predicted octanol–water partition coefficient (Wildman–Crippen LogP) is -1.54. The molecule has 0 saturated carbocycles. The number of carboxylic acid groups (broad SMARTS) is 2. The van der Waals surface area contributed by atoms with E-state index in [1.54, 1.807) is 0 Å². The molecule has 80 valence electrons.